The molecular weight excluding hydrogens is 292 g/mol. The van der Waals surface area contributed by atoms with Gasteiger partial charge in [0.2, 0.25) is 5.91 Å². The zero-order valence-electron chi connectivity index (χ0n) is 12.6. The number of hydrogen-bond acceptors (Lipinski definition) is 4. The molecule has 1 aromatic carbocycles. The van der Waals surface area contributed by atoms with Gasteiger partial charge in [0, 0.05) is 12.4 Å². The third-order valence-electron chi connectivity index (χ3n) is 3.61. The van der Waals surface area contributed by atoms with Gasteiger partial charge in [-0.2, -0.15) is 0 Å². The van der Waals surface area contributed by atoms with Crippen LogP contribution < -0.4 is 10.9 Å². The summed E-state index contributed by atoms with van der Waals surface area (Å²) in [5, 5.41) is 3.36. The van der Waals surface area contributed by atoms with Crippen molar-refractivity contribution in [2.45, 2.75) is 19.5 Å². The molecule has 0 aliphatic carbocycles. The lowest BCUT2D eigenvalue weighted by Crippen LogP contribution is -2.34. The molecule has 23 heavy (non-hydrogen) atoms. The molecule has 1 atom stereocenters. The fraction of sp³-hybridized carbons (Fsp3) is 0.176. The van der Waals surface area contributed by atoms with E-state index in [-0.39, 0.29) is 24.1 Å². The van der Waals surface area contributed by atoms with Crippen LogP contribution in [-0.2, 0) is 11.3 Å². The average molecular weight is 308 g/mol. The number of nitrogens with one attached hydrogen (secondary N) is 1. The molecule has 6 nitrogen and oxygen atoms in total. The van der Waals surface area contributed by atoms with Crippen molar-refractivity contribution >= 4 is 16.8 Å². The van der Waals surface area contributed by atoms with E-state index in [1.54, 1.807) is 30.6 Å². The molecule has 3 aromatic rings. The highest BCUT2D eigenvalue weighted by atomic mass is 16.2. The average Bonchev–Trinajstić information content (AvgIpc) is 2.58. The number of amides is 1. The van der Waals surface area contributed by atoms with Gasteiger partial charge in [0.15, 0.2) is 0 Å². The van der Waals surface area contributed by atoms with Crippen LogP contribution >= 0.6 is 0 Å². The standard InChI is InChI=1S/C17H16N4O2/c1-12(13-5-4-8-18-9-13)20-16(22)10-21-11-19-15-7-3-2-6-14(15)17(21)23/h2-9,11-12H,10H2,1H3,(H,20,22). The van der Waals surface area contributed by atoms with Gasteiger partial charge < -0.3 is 5.32 Å². The monoisotopic (exact) mass is 308 g/mol. The van der Waals surface area contributed by atoms with Gasteiger partial charge in [-0.1, -0.05) is 18.2 Å². The third-order valence-corrected chi connectivity index (χ3v) is 3.61. The van der Waals surface area contributed by atoms with Crippen LogP contribution in [0, 0.1) is 0 Å². The fourth-order valence-electron chi connectivity index (χ4n) is 2.38. The highest BCUT2D eigenvalue weighted by Crippen LogP contribution is 2.09. The minimum absolute atomic E-state index is 0.0682. The Morgan fingerprint density at radius 2 is 2.09 bits per heavy atom. The molecule has 116 valence electrons. The first-order valence-corrected chi connectivity index (χ1v) is 7.28. The molecule has 0 fully saturated rings. The van der Waals surface area contributed by atoms with Crippen molar-refractivity contribution in [1.82, 2.24) is 19.9 Å². The normalized spacial score (nSPS) is 12.0. The van der Waals surface area contributed by atoms with E-state index < -0.39 is 0 Å². The molecule has 3 rings (SSSR count). The van der Waals surface area contributed by atoms with Gasteiger partial charge in [-0.15, -0.1) is 0 Å². The highest BCUT2D eigenvalue weighted by Gasteiger charge is 2.11. The molecule has 1 N–H and O–H groups in total. The number of nitrogens with zero attached hydrogens (tertiary/aromatic N) is 3. The van der Waals surface area contributed by atoms with E-state index in [2.05, 4.69) is 15.3 Å². The van der Waals surface area contributed by atoms with Crippen molar-refractivity contribution in [3.63, 3.8) is 0 Å². The Morgan fingerprint density at radius 3 is 2.87 bits per heavy atom. The lowest BCUT2D eigenvalue weighted by molar-refractivity contribution is -0.122. The summed E-state index contributed by atoms with van der Waals surface area (Å²) < 4.78 is 1.31. The van der Waals surface area contributed by atoms with Crippen LogP contribution in [0.5, 0.6) is 0 Å². The summed E-state index contributed by atoms with van der Waals surface area (Å²) in [5.41, 5.74) is 1.31. The number of rotatable bonds is 4. The molecule has 0 aliphatic rings. The number of hydrogen-bond donors (Lipinski definition) is 1. The molecule has 1 unspecified atom stereocenters. The first-order valence-electron chi connectivity index (χ1n) is 7.28. The van der Waals surface area contributed by atoms with E-state index in [1.165, 1.54) is 10.9 Å². The SMILES string of the molecule is CC(NC(=O)Cn1cnc2ccccc2c1=O)c1cccnc1. The fourth-order valence-corrected chi connectivity index (χ4v) is 2.38. The summed E-state index contributed by atoms with van der Waals surface area (Å²) in [7, 11) is 0. The maximum Gasteiger partial charge on any atom is 0.261 e. The molecule has 0 saturated heterocycles. The van der Waals surface area contributed by atoms with Crippen molar-refractivity contribution in [2.75, 3.05) is 0 Å². The van der Waals surface area contributed by atoms with Gasteiger partial charge in [-0.05, 0) is 30.7 Å². The highest BCUT2D eigenvalue weighted by molar-refractivity contribution is 5.79. The largest absolute Gasteiger partial charge is 0.348 e. The minimum atomic E-state index is -0.250. The van der Waals surface area contributed by atoms with Gasteiger partial charge in [0.1, 0.15) is 6.54 Å². The summed E-state index contributed by atoms with van der Waals surface area (Å²) in [6, 6.07) is 10.6. The Bertz CT molecular complexity index is 890. The molecule has 2 heterocycles. The molecule has 6 heteroatoms. The zero-order valence-corrected chi connectivity index (χ0v) is 12.6. The molecule has 0 saturated carbocycles. The Kier molecular flexibility index (Phi) is 4.14. The molecular formula is C17H16N4O2. The number of pyridine rings is 1. The van der Waals surface area contributed by atoms with E-state index in [9.17, 15) is 9.59 Å². The second-order valence-corrected chi connectivity index (χ2v) is 5.27. The predicted octanol–water partition coefficient (Wildman–Crippen LogP) is 1.67. The summed E-state index contributed by atoms with van der Waals surface area (Å²) in [6.07, 6.45) is 4.78. The molecule has 1 amide bonds. The lowest BCUT2D eigenvalue weighted by Gasteiger charge is -2.14. The molecule has 0 aliphatic heterocycles. The summed E-state index contributed by atoms with van der Waals surface area (Å²) in [5.74, 6) is -0.250. The molecule has 0 spiro atoms. The maximum atomic E-state index is 12.4. The maximum absolute atomic E-state index is 12.4. The van der Waals surface area contributed by atoms with Crippen molar-refractivity contribution in [3.05, 3.63) is 71.0 Å². The van der Waals surface area contributed by atoms with Crippen molar-refractivity contribution in [3.8, 4) is 0 Å². The van der Waals surface area contributed by atoms with Crippen LogP contribution in [-0.4, -0.2) is 20.4 Å². The third kappa shape index (κ3) is 3.26. The molecule has 0 radical (unpaired) electrons. The van der Waals surface area contributed by atoms with Crippen LogP contribution in [0.15, 0.2) is 59.9 Å². The number of fused-ring (bicyclic) bond motifs is 1. The predicted molar refractivity (Wildman–Crippen MR) is 86.8 cm³/mol. The first-order chi connectivity index (χ1) is 11.1. The van der Waals surface area contributed by atoms with Crippen LogP contribution in [0.1, 0.15) is 18.5 Å². The quantitative estimate of drug-likeness (QED) is 0.795. The summed E-state index contributed by atoms with van der Waals surface area (Å²) >= 11 is 0. The van der Waals surface area contributed by atoms with Crippen LogP contribution in [0.25, 0.3) is 10.9 Å². The Morgan fingerprint density at radius 1 is 1.26 bits per heavy atom. The number of benzene rings is 1. The van der Waals surface area contributed by atoms with Crippen LogP contribution in [0.2, 0.25) is 0 Å². The molecule has 0 bridgehead atoms. The second kappa shape index (κ2) is 6.39. The van der Waals surface area contributed by atoms with Gasteiger partial charge in [0.05, 0.1) is 23.3 Å². The lowest BCUT2D eigenvalue weighted by atomic mass is 10.1. The second-order valence-electron chi connectivity index (χ2n) is 5.27. The van der Waals surface area contributed by atoms with Crippen LogP contribution in [0.3, 0.4) is 0 Å². The Hall–Kier alpha value is -3.02. The van der Waals surface area contributed by atoms with E-state index in [0.717, 1.165) is 5.56 Å². The van der Waals surface area contributed by atoms with Crippen molar-refractivity contribution < 1.29 is 4.79 Å². The molecule has 2 aromatic heterocycles. The summed E-state index contributed by atoms with van der Waals surface area (Å²) in [6.45, 7) is 1.80. The minimum Gasteiger partial charge on any atom is -0.348 e. The zero-order chi connectivity index (χ0) is 16.2. The van der Waals surface area contributed by atoms with Crippen molar-refractivity contribution in [1.29, 1.82) is 0 Å². The van der Waals surface area contributed by atoms with Crippen molar-refractivity contribution in [2.24, 2.45) is 0 Å². The number of aromatic nitrogens is 3. The summed E-state index contributed by atoms with van der Waals surface area (Å²) in [4.78, 5) is 32.8. The van der Waals surface area contributed by atoms with Gasteiger partial charge >= 0.3 is 0 Å². The smallest absolute Gasteiger partial charge is 0.261 e. The number of carbonyl (C=O) groups is 1. The van der Waals surface area contributed by atoms with Gasteiger partial charge in [-0.3, -0.25) is 19.1 Å². The Labute approximate surface area is 132 Å². The van der Waals surface area contributed by atoms with E-state index in [0.29, 0.717) is 10.9 Å². The Balaban J connectivity index is 1.76. The topological polar surface area (TPSA) is 76.9 Å². The number of carbonyl (C=O) groups excluding carboxylic acids is 1. The van der Waals surface area contributed by atoms with Gasteiger partial charge in [-0.25, -0.2) is 4.98 Å². The van der Waals surface area contributed by atoms with E-state index >= 15 is 0 Å². The first kappa shape index (κ1) is 14.9. The van der Waals surface area contributed by atoms with Crippen LogP contribution in [0.4, 0.5) is 0 Å². The van der Waals surface area contributed by atoms with Gasteiger partial charge in [0.25, 0.3) is 5.56 Å². The van der Waals surface area contributed by atoms with E-state index in [1.807, 2.05) is 25.1 Å². The number of para-hydroxylation sites is 1. The van der Waals surface area contributed by atoms with E-state index in [4.69, 9.17) is 0 Å².